The zero-order valence-electron chi connectivity index (χ0n) is 11.1. The third kappa shape index (κ3) is 2.20. The fourth-order valence-electron chi connectivity index (χ4n) is 2.21. The molecule has 5 heteroatoms. The van der Waals surface area contributed by atoms with Gasteiger partial charge in [0.15, 0.2) is 0 Å². The number of para-hydroxylation sites is 1. The minimum Gasteiger partial charge on any atom is -0.398 e. The number of fused-ring (bicyclic) bond motifs is 2. The number of nitrogen functional groups attached to an aromatic ring is 1. The van der Waals surface area contributed by atoms with Gasteiger partial charge in [-0.15, -0.1) is 11.8 Å². The highest BCUT2D eigenvalue weighted by Gasteiger charge is 2.19. The monoisotopic (exact) mass is 285 g/mol. The van der Waals surface area contributed by atoms with Crippen LogP contribution in [0.15, 0.2) is 41.3 Å². The highest BCUT2D eigenvalue weighted by Crippen LogP contribution is 2.38. The summed E-state index contributed by atoms with van der Waals surface area (Å²) in [6.07, 6.45) is 0. The molecule has 4 nitrogen and oxygen atoms in total. The highest BCUT2D eigenvalue weighted by atomic mass is 32.2. The van der Waals surface area contributed by atoms with Gasteiger partial charge in [-0.05, 0) is 30.0 Å². The molecule has 102 valence electrons. The molecule has 3 rings (SSSR count). The summed E-state index contributed by atoms with van der Waals surface area (Å²) in [5.74, 6) is 0.827. The second-order valence-electron chi connectivity index (χ2n) is 4.49. The summed E-state index contributed by atoms with van der Waals surface area (Å²) in [5, 5.41) is 6.21. The lowest BCUT2D eigenvalue weighted by Gasteiger charge is -2.12. The molecule has 20 heavy (non-hydrogen) atoms. The second kappa shape index (κ2) is 5.09. The number of carbonyl (C=O) groups is 1. The van der Waals surface area contributed by atoms with Crippen LogP contribution < -0.4 is 16.4 Å². The van der Waals surface area contributed by atoms with Crippen LogP contribution in [0.2, 0.25) is 0 Å². The summed E-state index contributed by atoms with van der Waals surface area (Å²) in [6, 6.07) is 11.2. The summed E-state index contributed by atoms with van der Waals surface area (Å²) in [4.78, 5) is 13.2. The maximum absolute atomic E-state index is 12.2. The lowest BCUT2D eigenvalue weighted by molar-refractivity contribution is 0.102. The van der Waals surface area contributed by atoms with Crippen LogP contribution in [0.4, 0.5) is 22.7 Å². The summed E-state index contributed by atoms with van der Waals surface area (Å²) in [6.45, 7) is 2.08. The Morgan fingerprint density at radius 3 is 2.65 bits per heavy atom. The number of amides is 1. The summed E-state index contributed by atoms with van der Waals surface area (Å²) in [7, 11) is 0. The molecule has 0 bridgehead atoms. The van der Waals surface area contributed by atoms with Gasteiger partial charge in [-0.25, -0.2) is 0 Å². The van der Waals surface area contributed by atoms with Crippen molar-refractivity contribution >= 4 is 40.4 Å². The van der Waals surface area contributed by atoms with Crippen molar-refractivity contribution in [1.29, 1.82) is 0 Å². The molecule has 0 saturated carbocycles. The number of nitrogens with two attached hydrogens (primary N) is 1. The molecule has 1 amide bonds. The SMILES string of the molecule is CCSc1cc2c(cc1N)NC(=O)c1ccccc1N2. The van der Waals surface area contributed by atoms with E-state index >= 15 is 0 Å². The molecule has 1 aliphatic rings. The number of nitrogens with one attached hydrogen (secondary N) is 2. The maximum Gasteiger partial charge on any atom is 0.257 e. The van der Waals surface area contributed by atoms with Crippen molar-refractivity contribution in [3.63, 3.8) is 0 Å². The quantitative estimate of drug-likeness (QED) is 0.581. The largest absolute Gasteiger partial charge is 0.398 e. The van der Waals surface area contributed by atoms with E-state index in [1.165, 1.54) is 0 Å². The van der Waals surface area contributed by atoms with E-state index in [-0.39, 0.29) is 5.91 Å². The van der Waals surface area contributed by atoms with Gasteiger partial charge < -0.3 is 16.4 Å². The lowest BCUT2D eigenvalue weighted by Crippen LogP contribution is -2.10. The minimum absolute atomic E-state index is 0.123. The molecule has 0 spiro atoms. The number of hydrogen-bond donors (Lipinski definition) is 3. The van der Waals surface area contributed by atoms with Crippen LogP contribution >= 0.6 is 11.8 Å². The fourth-order valence-corrected chi connectivity index (χ4v) is 2.95. The van der Waals surface area contributed by atoms with Crippen LogP contribution in [0.3, 0.4) is 0 Å². The van der Waals surface area contributed by atoms with Gasteiger partial charge in [0.2, 0.25) is 0 Å². The minimum atomic E-state index is -0.123. The molecular weight excluding hydrogens is 270 g/mol. The van der Waals surface area contributed by atoms with Crippen LogP contribution in [0.1, 0.15) is 17.3 Å². The van der Waals surface area contributed by atoms with E-state index in [1.54, 1.807) is 17.8 Å². The maximum atomic E-state index is 12.2. The van der Waals surface area contributed by atoms with Crippen LogP contribution in [-0.2, 0) is 0 Å². The van der Waals surface area contributed by atoms with Crippen molar-refractivity contribution in [3.05, 3.63) is 42.0 Å². The summed E-state index contributed by atoms with van der Waals surface area (Å²) in [5.41, 5.74) is 9.74. The van der Waals surface area contributed by atoms with E-state index in [4.69, 9.17) is 5.73 Å². The van der Waals surface area contributed by atoms with Crippen molar-refractivity contribution in [2.45, 2.75) is 11.8 Å². The predicted molar refractivity (Wildman–Crippen MR) is 84.9 cm³/mol. The Hall–Kier alpha value is -2.14. The molecule has 2 aromatic carbocycles. The van der Waals surface area contributed by atoms with E-state index in [9.17, 15) is 4.79 Å². The molecule has 0 atom stereocenters. The van der Waals surface area contributed by atoms with Crippen molar-refractivity contribution in [1.82, 2.24) is 0 Å². The zero-order valence-corrected chi connectivity index (χ0v) is 11.9. The molecule has 2 aromatic rings. The van der Waals surface area contributed by atoms with Crippen molar-refractivity contribution in [2.24, 2.45) is 0 Å². The average molecular weight is 285 g/mol. The third-order valence-electron chi connectivity index (χ3n) is 3.14. The van der Waals surface area contributed by atoms with Gasteiger partial charge in [0.25, 0.3) is 5.91 Å². The Kier molecular flexibility index (Phi) is 3.28. The second-order valence-corrected chi connectivity index (χ2v) is 5.80. The summed E-state index contributed by atoms with van der Waals surface area (Å²) >= 11 is 1.69. The molecule has 1 aliphatic heterocycles. The van der Waals surface area contributed by atoms with E-state index in [0.29, 0.717) is 16.9 Å². The zero-order chi connectivity index (χ0) is 14.1. The number of benzene rings is 2. The number of rotatable bonds is 2. The van der Waals surface area contributed by atoms with E-state index in [0.717, 1.165) is 22.0 Å². The van der Waals surface area contributed by atoms with Crippen LogP contribution in [-0.4, -0.2) is 11.7 Å². The summed E-state index contributed by atoms with van der Waals surface area (Å²) < 4.78 is 0. The van der Waals surface area contributed by atoms with E-state index in [2.05, 4.69) is 17.6 Å². The lowest BCUT2D eigenvalue weighted by atomic mass is 10.1. The average Bonchev–Trinajstić information content (AvgIpc) is 2.56. The Labute approximate surface area is 121 Å². The Morgan fingerprint density at radius 2 is 1.85 bits per heavy atom. The van der Waals surface area contributed by atoms with E-state index in [1.807, 2.05) is 30.3 Å². The van der Waals surface area contributed by atoms with Gasteiger partial charge in [0, 0.05) is 10.6 Å². The van der Waals surface area contributed by atoms with Crippen molar-refractivity contribution < 1.29 is 4.79 Å². The predicted octanol–water partition coefficient (Wildman–Crippen LogP) is 3.69. The Morgan fingerprint density at radius 1 is 1.10 bits per heavy atom. The van der Waals surface area contributed by atoms with Crippen LogP contribution in [0.5, 0.6) is 0 Å². The first-order valence-corrected chi connectivity index (χ1v) is 7.41. The number of thioether (sulfide) groups is 1. The molecule has 0 aliphatic carbocycles. The molecule has 0 aromatic heterocycles. The normalized spacial score (nSPS) is 12.8. The van der Waals surface area contributed by atoms with Gasteiger partial charge in [-0.3, -0.25) is 4.79 Å². The standard InChI is InChI=1S/C15H15N3OS/c1-2-20-14-8-13-12(7-10(14)16)18-15(19)9-5-3-4-6-11(9)17-13/h3-8,17H,2,16H2,1H3,(H,18,19). The highest BCUT2D eigenvalue weighted by molar-refractivity contribution is 7.99. The van der Waals surface area contributed by atoms with Gasteiger partial charge in [0.05, 0.1) is 22.6 Å². The van der Waals surface area contributed by atoms with Gasteiger partial charge in [0.1, 0.15) is 0 Å². The van der Waals surface area contributed by atoms with Gasteiger partial charge in [-0.2, -0.15) is 0 Å². The van der Waals surface area contributed by atoms with Gasteiger partial charge >= 0.3 is 0 Å². The topological polar surface area (TPSA) is 67.1 Å². The molecule has 0 unspecified atom stereocenters. The van der Waals surface area contributed by atoms with Crippen molar-refractivity contribution in [3.8, 4) is 0 Å². The Balaban J connectivity index is 2.10. The van der Waals surface area contributed by atoms with Crippen molar-refractivity contribution in [2.75, 3.05) is 22.1 Å². The number of hydrogen-bond acceptors (Lipinski definition) is 4. The number of anilines is 4. The van der Waals surface area contributed by atoms with Crippen LogP contribution in [0, 0.1) is 0 Å². The van der Waals surface area contributed by atoms with Gasteiger partial charge in [-0.1, -0.05) is 19.1 Å². The Bertz CT molecular complexity index is 685. The molecule has 0 saturated heterocycles. The van der Waals surface area contributed by atoms with Crippen LogP contribution in [0.25, 0.3) is 0 Å². The first-order valence-electron chi connectivity index (χ1n) is 6.42. The first-order chi connectivity index (χ1) is 9.69. The molecule has 0 fully saturated rings. The smallest absolute Gasteiger partial charge is 0.257 e. The van der Waals surface area contributed by atoms with E-state index < -0.39 is 0 Å². The first kappa shape index (κ1) is 12.9. The molecule has 0 radical (unpaired) electrons. The molecular formula is C15H15N3OS. The third-order valence-corrected chi connectivity index (χ3v) is 4.09. The molecule has 1 heterocycles. The number of carbonyl (C=O) groups excluding carboxylic acids is 1. The molecule has 4 N–H and O–H groups in total. The fraction of sp³-hybridized carbons (Fsp3) is 0.133.